The molecule has 0 saturated heterocycles. The number of carbonyl (C=O) groups excluding carboxylic acids is 1. The second-order valence-corrected chi connectivity index (χ2v) is 7.10. The molecule has 5 aromatic rings. The van der Waals surface area contributed by atoms with Crippen LogP contribution in [0.5, 0.6) is 0 Å². The van der Waals surface area contributed by atoms with Crippen molar-refractivity contribution in [2.75, 3.05) is 5.32 Å². The zero-order valence-electron chi connectivity index (χ0n) is 14.1. The summed E-state index contributed by atoms with van der Waals surface area (Å²) < 4.78 is 0. The molecule has 0 saturated carbocycles. The van der Waals surface area contributed by atoms with Gasteiger partial charge in [-0.2, -0.15) is 0 Å². The predicted molar refractivity (Wildman–Crippen MR) is 109 cm³/mol. The van der Waals surface area contributed by atoms with Crippen LogP contribution in [-0.2, 0) is 0 Å². The van der Waals surface area contributed by atoms with Crippen LogP contribution in [0.25, 0.3) is 31.8 Å². The van der Waals surface area contributed by atoms with E-state index in [1.54, 1.807) is 23.7 Å². The number of rotatable bonds is 3. The third-order valence-corrected chi connectivity index (χ3v) is 5.42. The molecule has 2 N–H and O–H groups in total. The van der Waals surface area contributed by atoms with Gasteiger partial charge < -0.3 is 10.3 Å². The predicted octanol–water partition coefficient (Wildman–Crippen LogP) is 5.09. The first-order valence-corrected chi connectivity index (χ1v) is 9.29. The number of thiazole rings is 1. The molecule has 0 aliphatic rings. The van der Waals surface area contributed by atoms with Crippen LogP contribution in [-0.4, -0.2) is 20.9 Å². The first-order valence-electron chi connectivity index (χ1n) is 8.47. The fourth-order valence-electron chi connectivity index (χ4n) is 3.05. The van der Waals surface area contributed by atoms with Gasteiger partial charge in [0.25, 0.3) is 5.91 Å². The smallest absolute Gasteiger partial charge is 0.257 e. The third-order valence-electron chi connectivity index (χ3n) is 4.39. The second-order valence-electron chi connectivity index (χ2n) is 6.13. The molecule has 2 aromatic carbocycles. The highest BCUT2D eigenvalue weighted by atomic mass is 32.1. The Bertz CT molecular complexity index is 1240. The van der Waals surface area contributed by atoms with Crippen LogP contribution in [0.3, 0.4) is 0 Å². The molecule has 0 aliphatic heterocycles. The van der Waals surface area contributed by atoms with Crippen molar-refractivity contribution in [3.05, 3.63) is 78.6 Å². The highest BCUT2D eigenvalue weighted by molar-refractivity contribution is 7.21. The van der Waals surface area contributed by atoms with Gasteiger partial charge >= 0.3 is 0 Å². The van der Waals surface area contributed by atoms with Crippen LogP contribution in [0.15, 0.2) is 73.1 Å². The SMILES string of the molecule is O=C(Nc1ccc(-c2nc3cccnc3s2)cc1)c1c[nH]c2ccccc12. The van der Waals surface area contributed by atoms with Crippen LogP contribution >= 0.6 is 11.3 Å². The normalized spacial score (nSPS) is 11.1. The van der Waals surface area contributed by atoms with Gasteiger partial charge in [0, 0.05) is 34.5 Å². The Balaban J connectivity index is 1.39. The molecule has 0 spiro atoms. The van der Waals surface area contributed by atoms with Crippen molar-refractivity contribution in [2.45, 2.75) is 0 Å². The molecule has 0 atom stereocenters. The largest absolute Gasteiger partial charge is 0.360 e. The van der Waals surface area contributed by atoms with Gasteiger partial charge in [0.05, 0.1) is 5.56 Å². The number of hydrogen-bond acceptors (Lipinski definition) is 4. The van der Waals surface area contributed by atoms with Crippen molar-refractivity contribution in [1.82, 2.24) is 15.0 Å². The van der Waals surface area contributed by atoms with Gasteiger partial charge in [0.2, 0.25) is 0 Å². The number of amides is 1. The van der Waals surface area contributed by atoms with E-state index in [2.05, 4.69) is 20.3 Å². The maximum Gasteiger partial charge on any atom is 0.257 e. The Morgan fingerprint density at radius 3 is 2.70 bits per heavy atom. The number of aromatic amines is 1. The quantitative estimate of drug-likeness (QED) is 0.465. The van der Waals surface area contributed by atoms with E-state index in [9.17, 15) is 4.79 Å². The molecule has 0 radical (unpaired) electrons. The van der Waals surface area contributed by atoms with Crippen LogP contribution in [0.4, 0.5) is 5.69 Å². The maximum absolute atomic E-state index is 12.6. The fraction of sp³-hybridized carbons (Fsp3) is 0. The van der Waals surface area contributed by atoms with Crippen LogP contribution in [0, 0.1) is 0 Å². The zero-order valence-corrected chi connectivity index (χ0v) is 15.0. The average molecular weight is 370 g/mol. The molecule has 0 fully saturated rings. The average Bonchev–Trinajstić information content (AvgIpc) is 3.33. The van der Waals surface area contributed by atoms with Gasteiger partial charge in [-0.1, -0.05) is 29.5 Å². The monoisotopic (exact) mass is 370 g/mol. The van der Waals surface area contributed by atoms with Crippen LogP contribution in [0.2, 0.25) is 0 Å². The lowest BCUT2D eigenvalue weighted by molar-refractivity contribution is 0.102. The number of benzene rings is 2. The minimum absolute atomic E-state index is 0.135. The van der Waals surface area contributed by atoms with E-state index in [0.717, 1.165) is 37.5 Å². The molecule has 0 aliphatic carbocycles. The lowest BCUT2D eigenvalue weighted by Gasteiger charge is -2.05. The number of nitrogens with one attached hydrogen (secondary N) is 2. The molecule has 130 valence electrons. The third kappa shape index (κ3) is 2.86. The highest BCUT2D eigenvalue weighted by Gasteiger charge is 2.12. The van der Waals surface area contributed by atoms with E-state index in [-0.39, 0.29) is 5.91 Å². The van der Waals surface area contributed by atoms with E-state index in [1.807, 2.05) is 60.7 Å². The van der Waals surface area contributed by atoms with E-state index < -0.39 is 0 Å². The molecular weight excluding hydrogens is 356 g/mol. The number of pyridine rings is 1. The number of fused-ring (bicyclic) bond motifs is 2. The first kappa shape index (κ1) is 15.7. The summed E-state index contributed by atoms with van der Waals surface area (Å²) in [5.74, 6) is -0.135. The molecular formula is C21H14N4OS. The number of anilines is 1. The fourth-order valence-corrected chi connectivity index (χ4v) is 3.96. The van der Waals surface area contributed by atoms with Gasteiger partial charge in [0.1, 0.15) is 15.4 Å². The summed E-state index contributed by atoms with van der Waals surface area (Å²) in [4.78, 5) is 25.6. The Labute approximate surface area is 158 Å². The van der Waals surface area contributed by atoms with Crippen molar-refractivity contribution >= 4 is 44.2 Å². The summed E-state index contributed by atoms with van der Waals surface area (Å²) >= 11 is 1.56. The first-order chi connectivity index (χ1) is 13.3. The number of aromatic nitrogens is 3. The molecule has 6 heteroatoms. The van der Waals surface area contributed by atoms with E-state index in [0.29, 0.717) is 5.56 Å². The van der Waals surface area contributed by atoms with Crippen molar-refractivity contribution in [3.8, 4) is 10.6 Å². The maximum atomic E-state index is 12.6. The number of hydrogen-bond donors (Lipinski definition) is 2. The van der Waals surface area contributed by atoms with Crippen LogP contribution < -0.4 is 5.32 Å². The van der Waals surface area contributed by atoms with Gasteiger partial charge in [-0.25, -0.2) is 9.97 Å². The van der Waals surface area contributed by atoms with Gasteiger partial charge in [-0.15, -0.1) is 0 Å². The number of carbonyl (C=O) groups is 1. The Kier molecular flexibility index (Phi) is 3.69. The van der Waals surface area contributed by atoms with Crippen molar-refractivity contribution < 1.29 is 4.79 Å². The lowest BCUT2D eigenvalue weighted by atomic mass is 10.1. The van der Waals surface area contributed by atoms with Crippen molar-refractivity contribution in [2.24, 2.45) is 0 Å². The van der Waals surface area contributed by atoms with Crippen molar-refractivity contribution in [3.63, 3.8) is 0 Å². The number of nitrogens with zero attached hydrogens (tertiary/aromatic N) is 2. The molecule has 0 unspecified atom stereocenters. The molecule has 5 rings (SSSR count). The van der Waals surface area contributed by atoms with Crippen molar-refractivity contribution in [1.29, 1.82) is 0 Å². The molecule has 3 heterocycles. The molecule has 3 aromatic heterocycles. The van der Waals surface area contributed by atoms with E-state index in [4.69, 9.17) is 0 Å². The summed E-state index contributed by atoms with van der Waals surface area (Å²) in [6.07, 6.45) is 3.51. The minimum Gasteiger partial charge on any atom is -0.360 e. The number of H-pyrrole nitrogens is 1. The summed E-state index contributed by atoms with van der Waals surface area (Å²) in [5, 5.41) is 4.78. The van der Waals surface area contributed by atoms with Gasteiger partial charge in [0.15, 0.2) is 0 Å². The van der Waals surface area contributed by atoms with E-state index >= 15 is 0 Å². The zero-order chi connectivity index (χ0) is 18.2. The standard InChI is InChI=1S/C21H14N4OS/c26-19(16-12-23-17-5-2-1-4-15(16)17)24-14-9-7-13(8-10-14)20-25-18-6-3-11-22-21(18)27-20/h1-12,23H,(H,24,26). The van der Waals surface area contributed by atoms with Crippen LogP contribution in [0.1, 0.15) is 10.4 Å². The summed E-state index contributed by atoms with van der Waals surface area (Å²) in [6.45, 7) is 0. The second kappa shape index (κ2) is 6.34. The van der Waals surface area contributed by atoms with Gasteiger partial charge in [-0.05, 0) is 42.5 Å². The summed E-state index contributed by atoms with van der Waals surface area (Å²) in [7, 11) is 0. The molecule has 5 nitrogen and oxygen atoms in total. The molecule has 0 bridgehead atoms. The minimum atomic E-state index is -0.135. The Morgan fingerprint density at radius 2 is 1.85 bits per heavy atom. The Morgan fingerprint density at radius 1 is 1.00 bits per heavy atom. The number of para-hydroxylation sites is 1. The summed E-state index contributed by atoms with van der Waals surface area (Å²) in [5.41, 5.74) is 4.22. The molecule has 27 heavy (non-hydrogen) atoms. The van der Waals surface area contributed by atoms with E-state index in [1.165, 1.54) is 0 Å². The molecule has 1 amide bonds. The topological polar surface area (TPSA) is 70.7 Å². The lowest BCUT2D eigenvalue weighted by Crippen LogP contribution is -2.11. The highest BCUT2D eigenvalue weighted by Crippen LogP contribution is 2.29. The summed E-state index contributed by atoms with van der Waals surface area (Å²) in [6, 6.07) is 19.3. The van der Waals surface area contributed by atoms with Gasteiger partial charge in [-0.3, -0.25) is 4.79 Å². The Hall–Kier alpha value is -3.51.